The second-order valence-electron chi connectivity index (χ2n) is 8.91. The highest BCUT2D eigenvalue weighted by atomic mass is 35.5. The first kappa shape index (κ1) is 24.7. The van der Waals surface area contributed by atoms with Crippen LogP contribution in [0.5, 0.6) is 5.75 Å². The number of halogens is 2. The lowest BCUT2D eigenvalue weighted by molar-refractivity contribution is 0.306. The maximum Gasteiger partial charge on any atom is 0.119 e. The Morgan fingerprint density at radius 1 is 0.892 bits per heavy atom. The van der Waals surface area contributed by atoms with Gasteiger partial charge in [-0.1, -0.05) is 65.7 Å². The fraction of sp³-hybridized carbons (Fsp3) is 0.0938. The van der Waals surface area contributed by atoms with E-state index in [1.165, 1.54) is 0 Å². The first-order chi connectivity index (χ1) is 17.9. The van der Waals surface area contributed by atoms with E-state index in [0.29, 0.717) is 22.2 Å². The summed E-state index contributed by atoms with van der Waals surface area (Å²) in [4.78, 5) is 0. The molecule has 0 aliphatic rings. The summed E-state index contributed by atoms with van der Waals surface area (Å²) in [6.07, 6.45) is 1.97. The highest BCUT2D eigenvalue weighted by molar-refractivity contribution is 6.35. The van der Waals surface area contributed by atoms with Gasteiger partial charge in [-0.3, -0.25) is 0 Å². The molecule has 0 bridgehead atoms. The molecule has 0 saturated heterocycles. The van der Waals surface area contributed by atoms with Crippen molar-refractivity contribution in [3.63, 3.8) is 0 Å². The average Bonchev–Trinajstić information content (AvgIpc) is 3.19. The van der Waals surface area contributed by atoms with Gasteiger partial charge < -0.3 is 9.30 Å². The normalized spacial score (nSPS) is 11.5. The van der Waals surface area contributed by atoms with Crippen LogP contribution >= 0.6 is 23.2 Å². The van der Waals surface area contributed by atoms with E-state index < -0.39 is 0 Å². The zero-order chi connectivity index (χ0) is 25.9. The van der Waals surface area contributed by atoms with Gasteiger partial charge in [-0.05, 0) is 90.4 Å². The highest BCUT2D eigenvalue weighted by Crippen LogP contribution is 2.28. The Morgan fingerprint density at radius 3 is 2.38 bits per heavy atom. The monoisotopic (exact) mass is 522 g/mol. The number of nitrogens with zero attached hydrogens (tertiary/aromatic N) is 2. The van der Waals surface area contributed by atoms with Crippen molar-refractivity contribution in [1.82, 2.24) is 4.57 Å². The molecule has 5 heteroatoms. The van der Waals surface area contributed by atoms with Crippen molar-refractivity contribution < 1.29 is 4.74 Å². The maximum absolute atomic E-state index is 9.94. The zero-order valence-corrected chi connectivity index (χ0v) is 22.0. The Hall–Kier alpha value is -3.97. The third kappa shape index (κ3) is 5.27. The molecule has 4 aromatic carbocycles. The molecule has 0 amide bonds. The number of ether oxygens (including phenoxy) is 1. The first-order valence-corrected chi connectivity index (χ1v) is 12.7. The fourth-order valence-electron chi connectivity index (χ4n) is 4.51. The minimum absolute atomic E-state index is 0.359. The lowest BCUT2D eigenvalue weighted by Crippen LogP contribution is -2.00. The summed E-state index contributed by atoms with van der Waals surface area (Å²) in [6.45, 7) is 4.50. The number of fused-ring (bicyclic) bond motifs is 1. The molecule has 0 spiro atoms. The van der Waals surface area contributed by atoms with Gasteiger partial charge in [0.15, 0.2) is 0 Å². The van der Waals surface area contributed by atoms with Crippen molar-refractivity contribution in [2.45, 2.75) is 20.5 Å². The molecule has 3 nitrogen and oxygen atoms in total. The van der Waals surface area contributed by atoms with E-state index in [2.05, 4.69) is 54.8 Å². The van der Waals surface area contributed by atoms with E-state index in [0.717, 1.165) is 50.3 Å². The summed E-state index contributed by atoms with van der Waals surface area (Å²) in [5.41, 5.74) is 6.61. The number of aryl methyl sites for hydroxylation is 1. The Labute approximate surface area is 226 Å². The summed E-state index contributed by atoms with van der Waals surface area (Å²) < 4.78 is 8.12. The number of allylic oxidation sites excluding steroid dienone is 1. The maximum atomic E-state index is 9.94. The number of hydrogen-bond acceptors (Lipinski definition) is 2. The van der Waals surface area contributed by atoms with Gasteiger partial charge in [-0.25, -0.2) is 0 Å². The van der Waals surface area contributed by atoms with Crippen LogP contribution in [-0.4, -0.2) is 4.57 Å². The number of benzene rings is 4. The number of nitriles is 1. The summed E-state index contributed by atoms with van der Waals surface area (Å²) in [5.74, 6) is 0.750. The fourth-order valence-corrected chi connectivity index (χ4v) is 4.98. The van der Waals surface area contributed by atoms with Gasteiger partial charge in [-0.2, -0.15) is 5.26 Å². The Morgan fingerprint density at radius 2 is 1.65 bits per heavy atom. The van der Waals surface area contributed by atoms with Crippen LogP contribution in [0.25, 0.3) is 28.1 Å². The minimum atomic E-state index is 0.359. The van der Waals surface area contributed by atoms with Crippen molar-refractivity contribution in [2.75, 3.05) is 0 Å². The molecule has 5 aromatic rings. The van der Waals surface area contributed by atoms with Crippen molar-refractivity contribution in [3.8, 4) is 17.5 Å². The molecule has 0 unspecified atom stereocenters. The molecule has 0 saturated carbocycles. The van der Waals surface area contributed by atoms with E-state index in [4.69, 9.17) is 27.9 Å². The summed E-state index contributed by atoms with van der Waals surface area (Å²) in [6, 6.07) is 32.1. The molecule has 0 aliphatic heterocycles. The second kappa shape index (κ2) is 10.6. The molecule has 0 N–H and O–H groups in total. The molecule has 0 aliphatic carbocycles. The molecule has 0 radical (unpaired) electrons. The molecule has 1 heterocycles. The molecule has 37 heavy (non-hydrogen) atoms. The van der Waals surface area contributed by atoms with Crippen molar-refractivity contribution in [2.24, 2.45) is 0 Å². The summed E-state index contributed by atoms with van der Waals surface area (Å²) >= 11 is 12.2. The highest BCUT2D eigenvalue weighted by Gasteiger charge is 2.12. The minimum Gasteiger partial charge on any atom is -0.489 e. The van der Waals surface area contributed by atoms with Crippen LogP contribution < -0.4 is 4.74 Å². The predicted molar refractivity (Wildman–Crippen MR) is 153 cm³/mol. The molecule has 1 aromatic heterocycles. The standard InChI is InChI=1S/C32H24Cl2N2O/c1-21-15-27(17-28(19-35)25-8-7-23-5-3-4-6-24(23)16-25)22(2)36(21)30-11-13-31(14-12-30)37-20-26-9-10-29(33)18-32(26)34/h3-18H,20H2,1-2H3/b28-17-. The van der Waals surface area contributed by atoms with Crippen LogP contribution in [0.15, 0.2) is 91.0 Å². The first-order valence-electron chi connectivity index (χ1n) is 11.9. The zero-order valence-electron chi connectivity index (χ0n) is 20.5. The van der Waals surface area contributed by atoms with Crippen molar-refractivity contribution >= 4 is 45.6 Å². The van der Waals surface area contributed by atoms with Gasteiger partial charge in [0.2, 0.25) is 0 Å². The van der Waals surface area contributed by atoms with Gasteiger partial charge in [0.25, 0.3) is 0 Å². The Kier molecular flexibility index (Phi) is 7.06. The summed E-state index contributed by atoms with van der Waals surface area (Å²) in [7, 11) is 0. The van der Waals surface area contributed by atoms with Crippen LogP contribution in [0.2, 0.25) is 10.0 Å². The van der Waals surface area contributed by atoms with Gasteiger partial charge in [0.05, 0.1) is 11.6 Å². The average molecular weight is 523 g/mol. The molecule has 0 fully saturated rings. The van der Waals surface area contributed by atoms with Crippen molar-refractivity contribution in [1.29, 1.82) is 5.26 Å². The molecular weight excluding hydrogens is 499 g/mol. The molecule has 5 rings (SSSR count). The van der Waals surface area contributed by atoms with Gasteiger partial charge in [0.1, 0.15) is 12.4 Å². The van der Waals surface area contributed by atoms with E-state index in [1.807, 2.05) is 54.6 Å². The van der Waals surface area contributed by atoms with E-state index in [1.54, 1.807) is 12.1 Å². The van der Waals surface area contributed by atoms with Crippen LogP contribution in [-0.2, 0) is 6.61 Å². The number of rotatable bonds is 6. The van der Waals surface area contributed by atoms with Crippen LogP contribution in [0.3, 0.4) is 0 Å². The van der Waals surface area contributed by atoms with E-state index in [9.17, 15) is 5.26 Å². The lowest BCUT2D eigenvalue weighted by Gasteiger charge is -2.12. The SMILES string of the molecule is Cc1cc(/C=C(/C#N)c2ccc3ccccc3c2)c(C)n1-c1ccc(OCc2ccc(Cl)cc2Cl)cc1. The number of hydrogen-bond donors (Lipinski definition) is 0. The predicted octanol–water partition coefficient (Wildman–Crippen LogP) is 9.20. The quantitative estimate of drug-likeness (QED) is 0.208. The van der Waals surface area contributed by atoms with Crippen LogP contribution in [0.4, 0.5) is 0 Å². The molecular formula is C32H24Cl2N2O. The van der Waals surface area contributed by atoms with Crippen LogP contribution in [0, 0.1) is 25.2 Å². The van der Waals surface area contributed by atoms with Gasteiger partial charge in [0, 0.05) is 32.7 Å². The topological polar surface area (TPSA) is 38.0 Å². The second-order valence-corrected chi connectivity index (χ2v) is 9.76. The molecule has 0 atom stereocenters. The lowest BCUT2D eigenvalue weighted by atomic mass is 10.0. The third-order valence-corrected chi connectivity index (χ3v) is 7.04. The summed E-state index contributed by atoms with van der Waals surface area (Å²) in [5, 5.41) is 13.4. The largest absolute Gasteiger partial charge is 0.489 e. The Balaban J connectivity index is 1.39. The molecule has 182 valence electrons. The van der Waals surface area contributed by atoms with Gasteiger partial charge >= 0.3 is 0 Å². The van der Waals surface area contributed by atoms with Crippen molar-refractivity contribution in [3.05, 3.63) is 129 Å². The number of aromatic nitrogens is 1. The third-order valence-electron chi connectivity index (χ3n) is 6.46. The van der Waals surface area contributed by atoms with Crippen LogP contribution in [0.1, 0.15) is 28.1 Å². The Bertz CT molecular complexity index is 1670. The van der Waals surface area contributed by atoms with E-state index in [-0.39, 0.29) is 0 Å². The van der Waals surface area contributed by atoms with E-state index >= 15 is 0 Å². The van der Waals surface area contributed by atoms with Gasteiger partial charge in [-0.15, -0.1) is 0 Å². The smallest absolute Gasteiger partial charge is 0.119 e.